The minimum Gasteiger partial charge on any atom is -0.507 e. The minimum absolute atomic E-state index is 0.0431. The molecule has 0 spiro atoms. The van der Waals surface area contributed by atoms with Crippen LogP contribution in [0.15, 0.2) is 60.4 Å². The highest BCUT2D eigenvalue weighted by Crippen LogP contribution is 2.46. The second kappa shape index (κ2) is 12.1. The van der Waals surface area contributed by atoms with Crippen LogP contribution in [0.4, 0.5) is 0 Å². The maximum Gasteiger partial charge on any atom is 0.295 e. The third kappa shape index (κ3) is 5.59. The molecule has 1 saturated heterocycles. The molecule has 9 heteroatoms. The molecule has 1 amide bonds. The van der Waals surface area contributed by atoms with Crippen molar-refractivity contribution in [3.8, 4) is 23.0 Å². The van der Waals surface area contributed by atoms with E-state index in [1.807, 2.05) is 13.0 Å². The number of carbonyl (C=O) groups is 2. The summed E-state index contributed by atoms with van der Waals surface area (Å²) in [6.07, 6.45) is 3.26. The lowest BCUT2D eigenvalue weighted by Crippen LogP contribution is -2.29. The Labute approximate surface area is 234 Å². The number of aliphatic hydroxyl groups is 1. The third-order valence-electron chi connectivity index (χ3n) is 6.64. The lowest BCUT2D eigenvalue weighted by atomic mass is 9.94. The summed E-state index contributed by atoms with van der Waals surface area (Å²) < 4.78 is 22.4. The van der Waals surface area contributed by atoms with Gasteiger partial charge in [0.15, 0.2) is 11.5 Å². The molecule has 1 aromatic heterocycles. The van der Waals surface area contributed by atoms with E-state index < -0.39 is 17.7 Å². The predicted octanol–water partition coefficient (Wildman–Crippen LogP) is 5.07. The fourth-order valence-electron chi connectivity index (χ4n) is 4.71. The van der Waals surface area contributed by atoms with Crippen LogP contribution in [0.2, 0.25) is 0 Å². The molecule has 4 rings (SSSR count). The van der Waals surface area contributed by atoms with Crippen LogP contribution < -0.4 is 18.9 Å². The van der Waals surface area contributed by atoms with Gasteiger partial charge < -0.3 is 29.0 Å². The van der Waals surface area contributed by atoms with E-state index in [2.05, 4.69) is 18.8 Å². The Kier molecular flexibility index (Phi) is 8.62. The molecule has 3 aromatic rings. The molecule has 2 aromatic carbocycles. The van der Waals surface area contributed by atoms with Crippen molar-refractivity contribution in [3.63, 3.8) is 0 Å². The first-order chi connectivity index (χ1) is 19.2. The Balaban J connectivity index is 1.88. The lowest BCUT2D eigenvalue weighted by molar-refractivity contribution is -0.140. The molecule has 0 aliphatic carbocycles. The Morgan fingerprint density at radius 3 is 2.25 bits per heavy atom. The lowest BCUT2D eigenvalue weighted by Gasteiger charge is -2.26. The number of hydrogen-bond acceptors (Lipinski definition) is 8. The van der Waals surface area contributed by atoms with Crippen LogP contribution in [0.3, 0.4) is 0 Å². The molecule has 1 N–H and O–H groups in total. The van der Waals surface area contributed by atoms with E-state index in [4.69, 9.17) is 18.9 Å². The second-order valence-electron chi connectivity index (χ2n) is 9.93. The average molecular weight is 547 g/mol. The monoisotopic (exact) mass is 546 g/mol. The van der Waals surface area contributed by atoms with Crippen molar-refractivity contribution in [2.24, 2.45) is 5.92 Å². The first-order valence-electron chi connectivity index (χ1n) is 12.9. The number of carbonyl (C=O) groups excluding carboxylic acids is 2. The van der Waals surface area contributed by atoms with Gasteiger partial charge in [-0.15, -0.1) is 0 Å². The van der Waals surface area contributed by atoms with Crippen LogP contribution >= 0.6 is 0 Å². The number of benzene rings is 2. The number of nitrogens with zero attached hydrogens (tertiary/aromatic N) is 2. The van der Waals surface area contributed by atoms with Gasteiger partial charge in [-0.3, -0.25) is 14.6 Å². The summed E-state index contributed by atoms with van der Waals surface area (Å²) in [7, 11) is 4.46. The quantitative estimate of drug-likeness (QED) is 0.213. The summed E-state index contributed by atoms with van der Waals surface area (Å²) in [6.45, 7) is 6.63. The molecule has 1 aliphatic heterocycles. The summed E-state index contributed by atoms with van der Waals surface area (Å²) in [5.74, 6) is 0.286. The van der Waals surface area contributed by atoms with Gasteiger partial charge in [0.2, 0.25) is 5.75 Å². The highest BCUT2D eigenvalue weighted by molar-refractivity contribution is 6.46. The normalized spacial score (nSPS) is 16.4. The van der Waals surface area contributed by atoms with Crippen LogP contribution in [0.25, 0.3) is 5.76 Å². The van der Waals surface area contributed by atoms with Gasteiger partial charge in [0.05, 0.1) is 39.6 Å². The number of hydrogen-bond donors (Lipinski definition) is 1. The topological polar surface area (TPSA) is 107 Å². The van der Waals surface area contributed by atoms with Crippen molar-refractivity contribution < 1.29 is 33.6 Å². The van der Waals surface area contributed by atoms with E-state index in [0.717, 1.165) is 11.1 Å². The molecule has 2 heterocycles. The van der Waals surface area contributed by atoms with Crippen molar-refractivity contribution in [2.75, 3.05) is 27.9 Å². The Morgan fingerprint density at radius 2 is 1.70 bits per heavy atom. The molecule has 1 aliphatic rings. The van der Waals surface area contributed by atoms with Gasteiger partial charge in [-0.25, -0.2) is 0 Å². The summed E-state index contributed by atoms with van der Waals surface area (Å²) >= 11 is 0. The van der Waals surface area contributed by atoms with Crippen molar-refractivity contribution in [2.45, 2.75) is 33.4 Å². The summed E-state index contributed by atoms with van der Waals surface area (Å²) in [4.78, 5) is 32.5. The summed E-state index contributed by atoms with van der Waals surface area (Å²) in [5.41, 5.74) is 2.38. The molecule has 0 saturated carbocycles. The fraction of sp³-hybridized carbons (Fsp3) is 0.323. The molecule has 40 heavy (non-hydrogen) atoms. The molecule has 0 bridgehead atoms. The smallest absolute Gasteiger partial charge is 0.295 e. The van der Waals surface area contributed by atoms with Crippen molar-refractivity contribution in [3.05, 3.63) is 82.7 Å². The Morgan fingerprint density at radius 1 is 1.00 bits per heavy atom. The Bertz CT molecular complexity index is 1410. The fourth-order valence-corrected chi connectivity index (χ4v) is 4.71. The molecular weight excluding hydrogens is 512 g/mol. The van der Waals surface area contributed by atoms with Gasteiger partial charge in [-0.05, 0) is 65.9 Å². The van der Waals surface area contributed by atoms with Gasteiger partial charge >= 0.3 is 0 Å². The van der Waals surface area contributed by atoms with Crippen molar-refractivity contribution in [1.29, 1.82) is 0 Å². The molecule has 1 fully saturated rings. The second-order valence-corrected chi connectivity index (χ2v) is 9.93. The third-order valence-corrected chi connectivity index (χ3v) is 6.64. The standard InChI is InChI=1S/C31H34N2O7/c1-18(2)17-40-23-10-9-21(12-19(23)3)28(34)26-27(22-13-24(37-4)30(39-6)25(14-22)38-5)33(31(36)29(26)35)16-20-8-7-11-32-15-20/h7-15,18,27,34H,16-17H2,1-6H3. The van der Waals surface area contributed by atoms with Crippen molar-refractivity contribution in [1.82, 2.24) is 9.88 Å². The first kappa shape index (κ1) is 28.5. The van der Waals surface area contributed by atoms with Crippen LogP contribution in [-0.2, 0) is 16.1 Å². The summed E-state index contributed by atoms with van der Waals surface area (Å²) in [5, 5.41) is 11.6. The minimum atomic E-state index is -0.939. The van der Waals surface area contributed by atoms with Crippen LogP contribution in [-0.4, -0.2) is 54.6 Å². The number of amides is 1. The number of rotatable bonds is 10. The SMILES string of the molecule is COc1cc(C2C(=C(O)c3ccc(OCC(C)C)c(C)c3)C(=O)C(=O)N2Cc2cccnc2)cc(OC)c1OC. The van der Waals surface area contributed by atoms with Crippen LogP contribution in [0.1, 0.15) is 42.1 Å². The number of aryl methyl sites for hydroxylation is 1. The Hall–Kier alpha value is -4.53. The van der Waals surface area contributed by atoms with E-state index in [9.17, 15) is 14.7 Å². The van der Waals surface area contributed by atoms with E-state index in [-0.39, 0.29) is 17.9 Å². The maximum atomic E-state index is 13.5. The molecular formula is C31H34N2O7. The predicted molar refractivity (Wildman–Crippen MR) is 150 cm³/mol. The van der Waals surface area contributed by atoms with Gasteiger partial charge in [0.25, 0.3) is 11.7 Å². The molecule has 9 nitrogen and oxygen atoms in total. The molecule has 1 unspecified atom stereocenters. The summed E-state index contributed by atoms with van der Waals surface area (Å²) in [6, 6.07) is 11.2. The highest BCUT2D eigenvalue weighted by atomic mass is 16.5. The number of aliphatic hydroxyl groups excluding tert-OH is 1. The highest BCUT2D eigenvalue weighted by Gasteiger charge is 2.46. The van der Waals surface area contributed by atoms with E-state index in [1.54, 1.807) is 48.8 Å². The zero-order valence-electron chi connectivity index (χ0n) is 23.6. The maximum absolute atomic E-state index is 13.5. The van der Waals surface area contributed by atoms with E-state index >= 15 is 0 Å². The number of methoxy groups -OCH3 is 3. The van der Waals surface area contributed by atoms with Gasteiger partial charge in [0, 0.05) is 24.5 Å². The van der Waals surface area contributed by atoms with Gasteiger partial charge in [-0.1, -0.05) is 19.9 Å². The molecule has 1 atom stereocenters. The number of pyridine rings is 1. The van der Waals surface area contributed by atoms with Gasteiger partial charge in [0.1, 0.15) is 11.5 Å². The number of likely N-dealkylation sites (tertiary alicyclic amines) is 1. The van der Waals surface area contributed by atoms with Crippen LogP contribution in [0, 0.1) is 12.8 Å². The number of ether oxygens (including phenoxy) is 4. The van der Waals surface area contributed by atoms with Crippen molar-refractivity contribution >= 4 is 17.4 Å². The van der Waals surface area contributed by atoms with Gasteiger partial charge in [-0.2, -0.15) is 0 Å². The van der Waals surface area contributed by atoms with E-state index in [1.165, 1.54) is 26.2 Å². The average Bonchev–Trinajstić information content (AvgIpc) is 3.20. The zero-order valence-corrected chi connectivity index (χ0v) is 23.6. The number of aromatic nitrogens is 1. The molecule has 210 valence electrons. The first-order valence-corrected chi connectivity index (χ1v) is 12.9. The largest absolute Gasteiger partial charge is 0.507 e. The number of Topliss-reactive ketones (excluding diaryl/α,β-unsaturated/α-hetero) is 1. The van der Waals surface area contributed by atoms with E-state index in [0.29, 0.717) is 46.6 Å². The number of ketones is 1. The molecule has 0 radical (unpaired) electrons. The van der Waals surface area contributed by atoms with Crippen LogP contribution in [0.5, 0.6) is 23.0 Å². The zero-order chi connectivity index (χ0) is 29.0.